The number of furan rings is 1. The Kier molecular flexibility index (Phi) is 6.19. The van der Waals surface area contributed by atoms with Crippen LogP contribution in [0.25, 0.3) is 38.2 Å². The highest BCUT2D eigenvalue weighted by atomic mass is 32.1. The smallest absolute Gasteiger partial charge is 0.280 e. The van der Waals surface area contributed by atoms with Gasteiger partial charge in [0.05, 0.1) is 20.7 Å². The molecule has 0 radical (unpaired) electrons. The number of fused-ring (bicyclic) bond motifs is 1. The number of amides is 1. The van der Waals surface area contributed by atoms with Gasteiger partial charge in [-0.3, -0.25) is 14.9 Å². The number of hydrogen-bond donors (Lipinski definition) is 1. The van der Waals surface area contributed by atoms with Crippen LogP contribution in [0.4, 0.5) is 5.69 Å². The van der Waals surface area contributed by atoms with Crippen molar-refractivity contribution in [2.24, 2.45) is 0 Å². The van der Waals surface area contributed by atoms with E-state index in [-0.39, 0.29) is 11.6 Å². The monoisotopic (exact) mass is 481 g/mol. The van der Waals surface area contributed by atoms with E-state index in [1.165, 1.54) is 18.2 Å². The average molecular weight is 482 g/mol. The SMILES string of the molecule is O=C(/C=C/c1ccc(-c2ccccc2[N+](=O)[O-])o1)NCc1ccc(-c2nc3ccccc3s2)cc1. The molecular weight excluding hydrogens is 462 g/mol. The van der Waals surface area contributed by atoms with Crippen LogP contribution in [-0.4, -0.2) is 15.8 Å². The van der Waals surface area contributed by atoms with Crippen molar-refractivity contribution in [2.75, 3.05) is 0 Å². The van der Waals surface area contributed by atoms with Crippen molar-refractivity contribution in [3.05, 3.63) is 112 Å². The first-order valence-corrected chi connectivity index (χ1v) is 11.6. The minimum Gasteiger partial charge on any atom is -0.456 e. The molecule has 0 atom stereocenters. The molecule has 0 bridgehead atoms. The molecule has 7 nitrogen and oxygen atoms in total. The summed E-state index contributed by atoms with van der Waals surface area (Å²) in [6.07, 6.45) is 2.90. The molecule has 172 valence electrons. The third kappa shape index (κ3) is 5.02. The minimum absolute atomic E-state index is 0.0377. The molecule has 0 aliphatic carbocycles. The number of carbonyl (C=O) groups is 1. The Morgan fingerprint density at radius 2 is 1.77 bits per heavy atom. The molecule has 0 saturated heterocycles. The molecule has 5 aromatic rings. The Morgan fingerprint density at radius 3 is 2.57 bits per heavy atom. The number of para-hydroxylation sites is 2. The van der Waals surface area contributed by atoms with E-state index in [0.717, 1.165) is 26.4 Å². The Hall–Kier alpha value is -4.56. The largest absolute Gasteiger partial charge is 0.456 e. The van der Waals surface area contributed by atoms with Crippen LogP contribution in [0.2, 0.25) is 0 Å². The van der Waals surface area contributed by atoms with E-state index >= 15 is 0 Å². The van der Waals surface area contributed by atoms with Gasteiger partial charge in [-0.15, -0.1) is 11.3 Å². The van der Waals surface area contributed by atoms with Crippen LogP contribution in [-0.2, 0) is 11.3 Å². The first kappa shape index (κ1) is 22.2. The topological polar surface area (TPSA) is 98.3 Å². The summed E-state index contributed by atoms with van der Waals surface area (Å²) in [6, 6.07) is 25.7. The predicted octanol–water partition coefficient (Wildman–Crippen LogP) is 6.46. The molecule has 1 amide bonds. The molecule has 3 aromatic carbocycles. The normalized spacial score (nSPS) is 11.2. The number of hydrogen-bond acceptors (Lipinski definition) is 6. The molecule has 0 spiro atoms. The molecule has 0 aliphatic rings. The standard InChI is InChI=1S/C27H19N3O4S/c31-26(16-14-20-13-15-24(34-20)21-5-1-3-7-23(21)30(32)33)28-17-18-9-11-19(12-10-18)27-29-22-6-2-4-8-25(22)35-27/h1-16H,17H2,(H,28,31)/b16-14+. The third-order valence-electron chi connectivity index (χ3n) is 5.35. The number of benzene rings is 3. The predicted molar refractivity (Wildman–Crippen MR) is 137 cm³/mol. The number of nitrogens with zero attached hydrogens (tertiary/aromatic N) is 2. The molecule has 0 fully saturated rings. The highest BCUT2D eigenvalue weighted by Crippen LogP contribution is 2.31. The number of carbonyl (C=O) groups excluding carboxylic acids is 1. The highest BCUT2D eigenvalue weighted by molar-refractivity contribution is 7.21. The number of nitro groups is 1. The zero-order valence-electron chi connectivity index (χ0n) is 18.4. The van der Waals surface area contributed by atoms with E-state index in [4.69, 9.17) is 4.42 Å². The summed E-state index contributed by atoms with van der Waals surface area (Å²) in [5.74, 6) is 0.517. The lowest BCUT2D eigenvalue weighted by atomic mass is 10.1. The number of aromatic nitrogens is 1. The second-order valence-electron chi connectivity index (χ2n) is 7.71. The van der Waals surface area contributed by atoms with Gasteiger partial charge in [-0.1, -0.05) is 48.5 Å². The number of nitro benzene ring substituents is 1. The number of nitrogens with one attached hydrogen (secondary N) is 1. The Balaban J connectivity index is 1.19. The minimum atomic E-state index is -0.452. The fourth-order valence-corrected chi connectivity index (χ4v) is 4.57. The van der Waals surface area contributed by atoms with Crippen LogP contribution in [0.1, 0.15) is 11.3 Å². The lowest BCUT2D eigenvalue weighted by Gasteiger charge is -2.03. The maximum Gasteiger partial charge on any atom is 0.280 e. The first-order valence-electron chi connectivity index (χ1n) is 10.8. The molecule has 2 aromatic heterocycles. The van der Waals surface area contributed by atoms with E-state index in [1.807, 2.05) is 42.5 Å². The Bertz CT molecular complexity index is 1520. The summed E-state index contributed by atoms with van der Waals surface area (Å²) in [5.41, 5.74) is 3.34. The van der Waals surface area contributed by atoms with Gasteiger partial charge in [-0.05, 0) is 42.0 Å². The highest BCUT2D eigenvalue weighted by Gasteiger charge is 2.16. The second-order valence-corrected chi connectivity index (χ2v) is 8.74. The van der Waals surface area contributed by atoms with E-state index in [0.29, 0.717) is 23.6 Å². The van der Waals surface area contributed by atoms with Crippen molar-refractivity contribution >= 4 is 39.2 Å². The van der Waals surface area contributed by atoms with Crippen LogP contribution in [0, 0.1) is 10.1 Å². The van der Waals surface area contributed by atoms with Crippen LogP contribution >= 0.6 is 11.3 Å². The van der Waals surface area contributed by atoms with E-state index in [9.17, 15) is 14.9 Å². The van der Waals surface area contributed by atoms with Crippen LogP contribution < -0.4 is 5.32 Å². The van der Waals surface area contributed by atoms with Crippen LogP contribution in [0.15, 0.2) is 95.4 Å². The van der Waals surface area contributed by atoms with Gasteiger partial charge in [0.2, 0.25) is 5.91 Å². The van der Waals surface area contributed by atoms with E-state index in [2.05, 4.69) is 16.4 Å². The molecule has 0 unspecified atom stereocenters. The van der Waals surface area contributed by atoms with E-state index < -0.39 is 4.92 Å². The molecule has 1 N–H and O–H groups in total. The average Bonchev–Trinajstić information content (AvgIpc) is 3.54. The van der Waals surface area contributed by atoms with Crippen molar-refractivity contribution in [2.45, 2.75) is 6.54 Å². The summed E-state index contributed by atoms with van der Waals surface area (Å²) in [5, 5.41) is 15.0. The fourth-order valence-electron chi connectivity index (χ4n) is 3.60. The zero-order valence-corrected chi connectivity index (χ0v) is 19.2. The van der Waals surface area contributed by atoms with Crippen molar-refractivity contribution in [1.82, 2.24) is 10.3 Å². The summed E-state index contributed by atoms with van der Waals surface area (Å²) < 4.78 is 6.82. The summed E-state index contributed by atoms with van der Waals surface area (Å²) in [6.45, 7) is 0.378. The number of thiazole rings is 1. The lowest BCUT2D eigenvalue weighted by molar-refractivity contribution is -0.384. The summed E-state index contributed by atoms with van der Waals surface area (Å²) >= 11 is 1.65. The molecule has 8 heteroatoms. The van der Waals surface area contributed by atoms with Gasteiger partial charge in [0.25, 0.3) is 5.69 Å². The van der Waals surface area contributed by atoms with Crippen LogP contribution in [0.5, 0.6) is 0 Å². The van der Waals surface area contributed by atoms with Gasteiger partial charge in [-0.2, -0.15) is 0 Å². The zero-order chi connectivity index (χ0) is 24.2. The fraction of sp³-hybridized carbons (Fsp3) is 0.0370. The van der Waals surface area contributed by atoms with Gasteiger partial charge >= 0.3 is 0 Å². The maximum absolute atomic E-state index is 12.3. The quantitative estimate of drug-likeness (QED) is 0.163. The molecule has 35 heavy (non-hydrogen) atoms. The second kappa shape index (κ2) is 9.74. The molecule has 0 aliphatic heterocycles. The Labute approximate surface area is 204 Å². The van der Waals surface area contributed by atoms with Gasteiger partial charge in [0.15, 0.2) is 0 Å². The van der Waals surface area contributed by atoms with Crippen molar-refractivity contribution in [3.8, 4) is 21.9 Å². The van der Waals surface area contributed by atoms with Crippen molar-refractivity contribution in [3.63, 3.8) is 0 Å². The molecular formula is C27H19N3O4S. The van der Waals surface area contributed by atoms with Gasteiger partial charge < -0.3 is 9.73 Å². The number of rotatable bonds is 7. The van der Waals surface area contributed by atoms with Gasteiger partial charge in [-0.25, -0.2) is 4.98 Å². The Morgan fingerprint density at radius 1 is 1.00 bits per heavy atom. The van der Waals surface area contributed by atoms with Gasteiger partial charge in [0, 0.05) is 24.3 Å². The summed E-state index contributed by atoms with van der Waals surface area (Å²) in [4.78, 5) is 27.7. The van der Waals surface area contributed by atoms with Gasteiger partial charge in [0.1, 0.15) is 16.5 Å². The van der Waals surface area contributed by atoms with Crippen LogP contribution in [0.3, 0.4) is 0 Å². The molecule has 0 saturated carbocycles. The first-order chi connectivity index (χ1) is 17.1. The van der Waals surface area contributed by atoms with E-state index in [1.54, 1.807) is 41.7 Å². The maximum atomic E-state index is 12.3. The summed E-state index contributed by atoms with van der Waals surface area (Å²) in [7, 11) is 0. The molecule has 5 rings (SSSR count). The van der Waals surface area contributed by atoms with Crippen molar-refractivity contribution < 1.29 is 14.1 Å². The molecule has 2 heterocycles. The third-order valence-corrected chi connectivity index (χ3v) is 6.44. The lowest BCUT2D eigenvalue weighted by Crippen LogP contribution is -2.20. The van der Waals surface area contributed by atoms with Crippen molar-refractivity contribution in [1.29, 1.82) is 0 Å².